The fourth-order valence-corrected chi connectivity index (χ4v) is 4.28. The molecule has 1 saturated heterocycles. The summed E-state index contributed by atoms with van der Waals surface area (Å²) in [6.07, 6.45) is 3.97. The van der Waals surface area contributed by atoms with Gasteiger partial charge in [0.1, 0.15) is 0 Å². The molecule has 0 unspecified atom stereocenters. The molecule has 5 rings (SSSR count). The molecule has 0 radical (unpaired) electrons. The second-order valence-electron chi connectivity index (χ2n) is 9.84. The van der Waals surface area contributed by atoms with Crippen molar-refractivity contribution in [3.63, 3.8) is 0 Å². The van der Waals surface area contributed by atoms with Gasteiger partial charge in [-0.3, -0.25) is 4.79 Å². The molecule has 1 aliphatic heterocycles. The van der Waals surface area contributed by atoms with Gasteiger partial charge in [-0.05, 0) is 64.6 Å². The highest BCUT2D eigenvalue weighted by molar-refractivity contribution is 6.62. The van der Waals surface area contributed by atoms with Crippen molar-refractivity contribution in [1.29, 1.82) is 0 Å². The van der Waals surface area contributed by atoms with Gasteiger partial charge in [0.2, 0.25) is 11.9 Å². The van der Waals surface area contributed by atoms with E-state index in [0.29, 0.717) is 23.5 Å². The zero-order valence-electron chi connectivity index (χ0n) is 19.3. The zero-order chi connectivity index (χ0) is 23.4. The number of carbonyl (C=O) groups excluding carboxylic acids is 1. The summed E-state index contributed by atoms with van der Waals surface area (Å²) in [6, 6.07) is 7.93. The van der Waals surface area contributed by atoms with Crippen molar-refractivity contribution < 1.29 is 14.1 Å². The van der Waals surface area contributed by atoms with Crippen LogP contribution in [0.15, 0.2) is 30.5 Å². The Kier molecular flexibility index (Phi) is 5.13. The Morgan fingerprint density at radius 3 is 2.48 bits per heavy atom. The van der Waals surface area contributed by atoms with Crippen LogP contribution in [0.5, 0.6) is 0 Å². The molecular formula is C22H28BN7O3. The van der Waals surface area contributed by atoms with E-state index in [-0.39, 0.29) is 17.9 Å². The van der Waals surface area contributed by atoms with E-state index >= 15 is 0 Å². The normalized spacial score (nSPS) is 23.8. The number of rotatable bonds is 5. The van der Waals surface area contributed by atoms with Gasteiger partial charge in [-0.15, -0.1) is 5.10 Å². The lowest BCUT2D eigenvalue weighted by atomic mass is 9.79. The summed E-state index contributed by atoms with van der Waals surface area (Å²) in [6.45, 7) is 8.14. The number of amides is 1. The summed E-state index contributed by atoms with van der Waals surface area (Å²) in [4.78, 5) is 20.4. The molecule has 1 amide bonds. The van der Waals surface area contributed by atoms with E-state index < -0.39 is 18.3 Å². The van der Waals surface area contributed by atoms with Crippen LogP contribution in [-0.2, 0) is 14.1 Å². The molecule has 1 aromatic carbocycles. The second-order valence-corrected chi connectivity index (χ2v) is 9.84. The maximum Gasteiger partial charge on any atom is 0.494 e. The van der Waals surface area contributed by atoms with Crippen LogP contribution in [0.4, 0.5) is 5.95 Å². The summed E-state index contributed by atoms with van der Waals surface area (Å²) in [5.74, 6) is 0.137. The van der Waals surface area contributed by atoms with Gasteiger partial charge in [-0.1, -0.05) is 17.3 Å². The molecule has 172 valence electrons. The average Bonchev–Trinajstić information content (AvgIpc) is 3.44. The van der Waals surface area contributed by atoms with Crippen molar-refractivity contribution in [1.82, 2.24) is 25.0 Å². The first kappa shape index (κ1) is 21.8. The van der Waals surface area contributed by atoms with Gasteiger partial charge < -0.3 is 20.4 Å². The third kappa shape index (κ3) is 3.95. The van der Waals surface area contributed by atoms with Gasteiger partial charge in [-0.2, -0.15) is 9.67 Å². The minimum Gasteiger partial charge on any atom is -0.399 e. The van der Waals surface area contributed by atoms with Gasteiger partial charge >= 0.3 is 7.12 Å². The number of anilines is 1. The lowest BCUT2D eigenvalue weighted by Gasteiger charge is -2.32. The van der Waals surface area contributed by atoms with Crippen LogP contribution in [0, 0.1) is 5.92 Å². The van der Waals surface area contributed by atoms with Crippen LogP contribution in [0.1, 0.15) is 47.0 Å². The van der Waals surface area contributed by atoms with Gasteiger partial charge in [0.25, 0.3) is 0 Å². The van der Waals surface area contributed by atoms with E-state index in [9.17, 15) is 4.79 Å². The highest BCUT2D eigenvalue weighted by atomic mass is 16.7. The molecule has 2 aliphatic rings. The second kappa shape index (κ2) is 7.77. The number of nitrogens with one attached hydrogen (secondary N) is 1. The molecule has 1 aliphatic carbocycles. The van der Waals surface area contributed by atoms with E-state index in [4.69, 9.17) is 15.0 Å². The minimum atomic E-state index is -0.426. The van der Waals surface area contributed by atoms with Crippen LogP contribution in [0.25, 0.3) is 16.9 Å². The molecule has 10 nitrogen and oxygen atoms in total. The van der Waals surface area contributed by atoms with Crippen LogP contribution in [0.2, 0.25) is 0 Å². The van der Waals surface area contributed by atoms with Crippen molar-refractivity contribution in [2.24, 2.45) is 11.7 Å². The van der Waals surface area contributed by atoms with Crippen LogP contribution in [0.3, 0.4) is 0 Å². The van der Waals surface area contributed by atoms with E-state index in [2.05, 4.69) is 25.6 Å². The predicted octanol–water partition coefficient (Wildman–Crippen LogP) is 1.58. The van der Waals surface area contributed by atoms with Crippen molar-refractivity contribution in [2.75, 3.05) is 5.32 Å². The van der Waals surface area contributed by atoms with Gasteiger partial charge in [-0.25, -0.2) is 4.98 Å². The quantitative estimate of drug-likeness (QED) is 0.562. The number of fused-ring (bicyclic) bond motifs is 1. The largest absolute Gasteiger partial charge is 0.494 e. The van der Waals surface area contributed by atoms with Crippen LogP contribution >= 0.6 is 0 Å². The number of hydrogen-bond acceptors (Lipinski definition) is 8. The summed E-state index contributed by atoms with van der Waals surface area (Å²) in [5, 5.41) is 11.8. The third-order valence-electron chi connectivity index (χ3n) is 7.02. The predicted molar refractivity (Wildman–Crippen MR) is 124 cm³/mol. The number of hydrogen-bond donors (Lipinski definition) is 2. The van der Waals surface area contributed by atoms with Crippen molar-refractivity contribution in [3.8, 4) is 5.69 Å². The van der Waals surface area contributed by atoms with Gasteiger partial charge in [0.15, 0.2) is 11.2 Å². The Balaban J connectivity index is 1.36. The topological polar surface area (TPSA) is 130 Å². The van der Waals surface area contributed by atoms with Gasteiger partial charge in [0, 0.05) is 12.0 Å². The Bertz CT molecular complexity index is 1180. The molecule has 0 bridgehead atoms. The number of nitrogens with two attached hydrogens (primary N) is 1. The molecule has 2 aromatic heterocycles. The first-order valence-electron chi connectivity index (χ1n) is 11.2. The fourth-order valence-electron chi connectivity index (χ4n) is 4.28. The highest BCUT2D eigenvalue weighted by Gasteiger charge is 2.51. The standard InChI is InChI=1S/C22H28BN7O3/c1-21(2)22(3,4)33-23(32-21)14-6-9-16(10-7-14)30-19-17(28-29-30)12-25-20(27-19)26-15-8-5-13(11-15)18(24)31/h6-7,9-10,12-13,15H,5,8,11H2,1-4H3,(H2,24,31)(H,25,26,27)/t13-,15-/m1/s1. The molecule has 1 saturated carbocycles. The van der Waals surface area contributed by atoms with E-state index in [1.54, 1.807) is 10.9 Å². The van der Waals surface area contributed by atoms with Crippen LogP contribution in [-0.4, -0.2) is 55.2 Å². The SMILES string of the molecule is CC1(C)OB(c2ccc(-n3nnc4cnc(N[C@@H]5CC[C@@H](C(N)=O)C5)nc43)cc2)OC1(C)C. The van der Waals surface area contributed by atoms with E-state index in [0.717, 1.165) is 24.0 Å². The minimum absolute atomic E-state index is 0.0964. The molecule has 3 heterocycles. The zero-order valence-corrected chi connectivity index (χ0v) is 19.3. The summed E-state index contributed by atoms with van der Waals surface area (Å²) < 4.78 is 14.0. The Morgan fingerprint density at radius 2 is 1.85 bits per heavy atom. The van der Waals surface area contributed by atoms with E-state index in [1.165, 1.54) is 0 Å². The molecule has 2 atom stereocenters. The average molecular weight is 449 g/mol. The van der Waals surface area contributed by atoms with Gasteiger partial charge in [0.05, 0.1) is 23.1 Å². The molecule has 3 N–H and O–H groups in total. The number of benzene rings is 1. The van der Waals surface area contributed by atoms with Crippen molar-refractivity contribution >= 4 is 35.6 Å². The lowest BCUT2D eigenvalue weighted by Crippen LogP contribution is -2.41. The molecule has 2 fully saturated rings. The molecule has 0 spiro atoms. The summed E-state index contributed by atoms with van der Waals surface area (Å²) in [5.41, 5.74) is 7.60. The Labute approximate surface area is 192 Å². The lowest BCUT2D eigenvalue weighted by molar-refractivity contribution is -0.121. The highest BCUT2D eigenvalue weighted by Crippen LogP contribution is 2.36. The summed E-state index contributed by atoms with van der Waals surface area (Å²) in [7, 11) is -0.426. The smallest absolute Gasteiger partial charge is 0.399 e. The Morgan fingerprint density at radius 1 is 1.15 bits per heavy atom. The molecular weight excluding hydrogens is 421 g/mol. The fraction of sp³-hybridized carbons (Fsp3) is 0.500. The molecule has 33 heavy (non-hydrogen) atoms. The third-order valence-corrected chi connectivity index (χ3v) is 7.02. The monoisotopic (exact) mass is 449 g/mol. The number of nitrogens with zero attached hydrogens (tertiary/aromatic N) is 5. The van der Waals surface area contributed by atoms with Crippen molar-refractivity contribution in [2.45, 2.75) is 64.2 Å². The first-order valence-corrected chi connectivity index (χ1v) is 11.2. The maximum absolute atomic E-state index is 11.4. The number of aromatic nitrogens is 5. The summed E-state index contributed by atoms with van der Waals surface area (Å²) >= 11 is 0. The number of carbonyl (C=O) groups is 1. The van der Waals surface area contributed by atoms with E-state index in [1.807, 2.05) is 52.0 Å². The Hall–Kier alpha value is -3.05. The molecule has 3 aromatic rings. The van der Waals surface area contributed by atoms with Crippen molar-refractivity contribution in [3.05, 3.63) is 30.5 Å². The van der Waals surface area contributed by atoms with Crippen LogP contribution < -0.4 is 16.5 Å². The molecule has 11 heteroatoms. The first-order chi connectivity index (χ1) is 15.6. The number of primary amides is 1. The maximum atomic E-state index is 11.4.